The first-order valence-corrected chi connectivity index (χ1v) is 9.58. The summed E-state index contributed by atoms with van der Waals surface area (Å²) in [5, 5.41) is 2.85. The van der Waals surface area contributed by atoms with Crippen molar-refractivity contribution < 1.29 is 13.8 Å². The number of carbonyl (C=O) groups excluding carboxylic acids is 2. The molecule has 0 aliphatic carbocycles. The van der Waals surface area contributed by atoms with Crippen LogP contribution in [-0.2, 0) is 15.6 Å². The standard InChI is InChI=1S/C17H24N2O3S/c1-17(16(21)18-10-12-23(2)22)9-6-11-19(13-17)15(20)14-7-4-3-5-8-14/h3-5,7-8H,6,9-13H2,1-2H3,(H,18,21)/t17-,23-/m1/s1. The summed E-state index contributed by atoms with van der Waals surface area (Å²) in [6.07, 6.45) is 3.18. The number of hydrogen-bond donors (Lipinski definition) is 1. The van der Waals surface area contributed by atoms with Gasteiger partial charge < -0.3 is 10.2 Å². The van der Waals surface area contributed by atoms with Gasteiger partial charge in [-0.25, -0.2) is 0 Å². The molecule has 1 aromatic rings. The summed E-state index contributed by atoms with van der Waals surface area (Å²) in [4.78, 5) is 26.8. The van der Waals surface area contributed by atoms with E-state index in [-0.39, 0.29) is 11.8 Å². The first-order valence-electron chi connectivity index (χ1n) is 7.85. The van der Waals surface area contributed by atoms with Gasteiger partial charge >= 0.3 is 0 Å². The Kier molecular flexibility index (Phi) is 5.93. The zero-order valence-electron chi connectivity index (χ0n) is 13.7. The molecule has 126 valence electrons. The number of amides is 2. The summed E-state index contributed by atoms with van der Waals surface area (Å²) in [5.41, 5.74) is 0.0660. The third-order valence-electron chi connectivity index (χ3n) is 4.23. The van der Waals surface area contributed by atoms with Gasteiger partial charge in [-0.1, -0.05) is 18.2 Å². The summed E-state index contributed by atoms with van der Waals surface area (Å²) in [6, 6.07) is 9.15. The fourth-order valence-electron chi connectivity index (χ4n) is 2.88. The normalized spacial score (nSPS) is 22.4. The zero-order valence-corrected chi connectivity index (χ0v) is 14.5. The van der Waals surface area contributed by atoms with Crippen molar-refractivity contribution >= 4 is 22.6 Å². The van der Waals surface area contributed by atoms with E-state index in [1.165, 1.54) is 0 Å². The minimum atomic E-state index is -0.919. The number of nitrogens with one attached hydrogen (secondary N) is 1. The van der Waals surface area contributed by atoms with Gasteiger partial charge in [-0.3, -0.25) is 13.8 Å². The van der Waals surface area contributed by atoms with E-state index < -0.39 is 16.2 Å². The molecule has 0 bridgehead atoms. The Labute approximate surface area is 139 Å². The van der Waals surface area contributed by atoms with E-state index >= 15 is 0 Å². The average Bonchev–Trinajstić information content (AvgIpc) is 2.54. The van der Waals surface area contributed by atoms with Crippen LogP contribution in [-0.4, -0.2) is 52.6 Å². The summed E-state index contributed by atoms with van der Waals surface area (Å²) in [6.45, 7) is 3.40. The lowest BCUT2D eigenvalue weighted by molar-refractivity contribution is -0.132. The quantitative estimate of drug-likeness (QED) is 0.884. The molecule has 0 unspecified atom stereocenters. The van der Waals surface area contributed by atoms with Crippen LogP contribution in [0.25, 0.3) is 0 Å². The molecule has 1 N–H and O–H groups in total. The first kappa shape index (κ1) is 17.7. The lowest BCUT2D eigenvalue weighted by Crippen LogP contribution is -2.52. The molecule has 1 heterocycles. The summed E-state index contributed by atoms with van der Waals surface area (Å²) < 4.78 is 11.1. The molecule has 1 aromatic carbocycles. The SMILES string of the molecule is C[S@@](=O)CCNC(=O)[C@]1(C)CCCN(C(=O)c2ccccc2)C1. The predicted molar refractivity (Wildman–Crippen MR) is 91.6 cm³/mol. The monoisotopic (exact) mass is 336 g/mol. The number of rotatable bonds is 5. The Bertz CT molecular complexity index is 591. The molecule has 0 spiro atoms. The van der Waals surface area contributed by atoms with Gasteiger partial charge in [0.2, 0.25) is 5.91 Å². The van der Waals surface area contributed by atoms with Crippen LogP contribution >= 0.6 is 0 Å². The van der Waals surface area contributed by atoms with Crippen LogP contribution in [0.1, 0.15) is 30.1 Å². The van der Waals surface area contributed by atoms with Gasteiger partial charge in [0.05, 0.1) is 5.41 Å². The fraction of sp³-hybridized carbons (Fsp3) is 0.529. The smallest absolute Gasteiger partial charge is 0.253 e. The molecule has 6 heteroatoms. The first-order chi connectivity index (χ1) is 10.9. The van der Waals surface area contributed by atoms with Crippen molar-refractivity contribution in [2.75, 3.05) is 31.6 Å². The van der Waals surface area contributed by atoms with Crippen molar-refractivity contribution in [3.05, 3.63) is 35.9 Å². The van der Waals surface area contributed by atoms with Crippen LogP contribution in [0.2, 0.25) is 0 Å². The third kappa shape index (κ3) is 4.64. The van der Waals surface area contributed by atoms with E-state index in [2.05, 4.69) is 5.32 Å². The number of likely N-dealkylation sites (tertiary alicyclic amines) is 1. The highest BCUT2D eigenvalue weighted by Crippen LogP contribution is 2.30. The zero-order chi connectivity index (χ0) is 16.9. The second kappa shape index (κ2) is 7.73. The van der Waals surface area contributed by atoms with Crippen molar-refractivity contribution in [3.8, 4) is 0 Å². The van der Waals surface area contributed by atoms with E-state index in [1.807, 2.05) is 25.1 Å². The molecule has 0 aromatic heterocycles. The molecule has 0 radical (unpaired) electrons. The molecule has 23 heavy (non-hydrogen) atoms. The Morgan fingerprint density at radius 3 is 2.65 bits per heavy atom. The molecule has 2 amide bonds. The van der Waals surface area contributed by atoms with Gasteiger partial charge in [0.25, 0.3) is 5.91 Å². The second-order valence-corrected chi connectivity index (χ2v) is 7.84. The van der Waals surface area contributed by atoms with Crippen molar-refractivity contribution in [2.24, 2.45) is 5.41 Å². The fourth-order valence-corrected chi connectivity index (χ4v) is 3.27. The van der Waals surface area contributed by atoms with Crippen molar-refractivity contribution in [1.29, 1.82) is 0 Å². The van der Waals surface area contributed by atoms with E-state index in [1.54, 1.807) is 23.3 Å². The van der Waals surface area contributed by atoms with Crippen molar-refractivity contribution in [1.82, 2.24) is 10.2 Å². The highest BCUT2D eigenvalue weighted by atomic mass is 32.2. The third-order valence-corrected chi connectivity index (χ3v) is 5.01. The predicted octanol–water partition coefficient (Wildman–Crippen LogP) is 1.42. The van der Waals surface area contributed by atoms with E-state index in [0.717, 1.165) is 12.8 Å². The minimum Gasteiger partial charge on any atom is -0.355 e. The van der Waals surface area contributed by atoms with Crippen LogP contribution in [0.5, 0.6) is 0 Å². The molecule has 5 nitrogen and oxygen atoms in total. The average molecular weight is 336 g/mol. The lowest BCUT2D eigenvalue weighted by atomic mass is 9.80. The Balaban J connectivity index is 2.00. The molecule has 1 saturated heterocycles. The second-order valence-electron chi connectivity index (χ2n) is 6.29. The van der Waals surface area contributed by atoms with Gasteiger partial charge in [0.1, 0.15) is 0 Å². The Hall–Kier alpha value is -1.69. The number of piperidine rings is 1. The number of nitrogens with zero attached hydrogens (tertiary/aromatic N) is 1. The summed E-state index contributed by atoms with van der Waals surface area (Å²) >= 11 is 0. The number of benzene rings is 1. The molecule has 1 aliphatic heterocycles. The summed E-state index contributed by atoms with van der Waals surface area (Å²) in [5.74, 6) is 0.363. The van der Waals surface area contributed by atoms with Gasteiger partial charge in [-0.2, -0.15) is 0 Å². The van der Waals surface area contributed by atoms with Crippen LogP contribution in [0.15, 0.2) is 30.3 Å². The molecule has 0 saturated carbocycles. The van der Waals surface area contributed by atoms with Crippen LogP contribution in [0.4, 0.5) is 0 Å². The topological polar surface area (TPSA) is 66.5 Å². The highest BCUT2D eigenvalue weighted by molar-refractivity contribution is 7.84. The Morgan fingerprint density at radius 2 is 2.00 bits per heavy atom. The van der Waals surface area contributed by atoms with Gasteiger partial charge in [-0.05, 0) is 31.9 Å². The maximum atomic E-state index is 12.6. The van der Waals surface area contributed by atoms with Gasteiger partial charge in [0, 0.05) is 48.0 Å². The molecule has 1 aliphatic rings. The van der Waals surface area contributed by atoms with E-state index in [4.69, 9.17) is 0 Å². The lowest BCUT2D eigenvalue weighted by Gasteiger charge is -2.39. The summed E-state index contributed by atoms with van der Waals surface area (Å²) in [7, 11) is -0.919. The maximum Gasteiger partial charge on any atom is 0.253 e. The molecule has 2 atom stereocenters. The Morgan fingerprint density at radius 1 is 1.30 bits per heavy atom. The molecule has 2 rings (SSSR count). The van der Waals surface area contributed by atoms with Crippen LogP contribution < -0.4 is 5.32 Å². The van der Waals surface area contributed by atoms with Gasteiger partial charge in [0.15, 0.2) is 0 Å². The number of carbonyl (C=O) groups is 2. The minimum absolute atomic E-state index is 0.0287. The highest BCUT2D eigenvalue weighted by Gasteiger charge is 2.39. The van der Waals surface area contributed by atoms with Crippen molar-refractivity contribution in [2.45, 2.75) is 19.8 Å². The molecule has 1 fully saturated rings. The van der Waals surface area contributed by atoms with Crippen LogP contribution in [0, 0.1) is 5.41 Å². The number of hydrogen-bond acceptors (Lipinski definition) is 3. The maximum absolute atomic E-state index is 12.6. The van der Waals surface area contributed by atoms with Gasteiger partial charge in [-0.15, -0.1) is 0 Å². The van der Waals surface area contributed by atoms with E-state index in [9.17, 15) is 13.8 Å². The van der Waals surface area contributed by atoms with Crippen molar-refractivity contribution in [3.63, 3.8) is 0 Å². The van der Waals surface area contributed by atoms with Crippen LogP contribution in [0.3, 0.4) is 0 Å². The molecular weight excluding hydrogens is 312 g/mol. The molecular formula is C17H24N2O3S. The largest absolute Gasteiger partial charge is 0.355 e. The van der Waals surface area contributed by atoms with E-state index in [0.29, 0.717) is 31.0 Å².